The van der Waals surface area contributed by atoms with Gasteiger partial charge in [0, 0.05) is 32.2 Å². The molecule has 1 aromatic heterocycles. The number of carbonyl (C=O) groups excluding carboxylic acids is 1. The summed E-state index contributed by atoms with van der Waals surface area (Å²) >= 11 is 0. The fraction of sp³-hybridized carbons (Fsp3) is 0.304. The van der Waals surface area contributed by atoms with Crippen molar-refractivity contribution in [3.63, 3.8) is 0 Å². The van der Waals surface area contributed by atoms with Crippen LogP contribution in [0.4, 0.5) is 11.4 Å². The summed E-state index contributed by atoms with van der Waals surface area (Å²) in [7, 11) is 0. The number of aromatic nitrogens is 1. The monoisotopic (exact) mass is 436 g/mol. The van der Waals surface area contributed by atoms with Crippen LogP contribution in [0.2, 0.25) is 0 Å². The van der Waals surface area contributed by atoms with Crippen LogP contribution in [0.5, 0.6) is 5.75 Å². The van der Waals surface area contributed by atoms with Crippen molar-refractivity contribution < 1.29 is 19.0 Å². The number of para-hydroxylation sites is 3. The van der Waals surface area contributed by atoms with Gasteiger partial charge in [-0.1, -0.05) is 29.4 Å². The lowest BCUT2D eigenvalue weighted by Gasteiger charge is -2.36. The second kappa shape index (κ2) is 9.09. The van der Waals surface area contributed by atoms with Crippen LogP contribution >= 0.6 is 0 Å². The lowest BCUT2D eigenvalue weighted by Crippen LogP contribution is -2.49. The molecule has 0 N–H and O–H groups in total. The molecule has 0 bridgehead atoms. The molecule has 1 fully saturated rings. The van der Waals surface area contributed by atoms with Gasteiger partial charge in [0.05, 0.1) is 21.7 Å². The van der Waals surface area contributed by atoms with Gasteiger partial charge in [0.1, 0.15) is 23.8 Å². The van der Waals surface area contributed by atoms with E-state index in [2.05, 4.69) is 5.16 Å². The molecule has 4 rings (SSSR count). The van der Waals surface area contributed by atoms with Crippen molar-refractivity contribution in [2.24, 2.45) is 0 Å². The number of nitro benzene ring substituents is 1. The highest BCUT2D eigenvalue weighted by molar-refractivity contribution is 5.97. The summed E-state index contributed by atoms with van der Waals surface area (Å²) in [6.45, 7) is 5.88. The molecule has 1 aliphatic rings. The Balaban J connectivity index is 1.44. The standard InChI is InChI=1S/C23H24N4O5/c1-16-19(17(2)32-24-16)15-31-22-10-6-3-7-18(22)23(28)26-13-11-25(12-14-26)20-8-4-5-9-21(20)27(29)30/h3-10H,11-15H2,1-2H3. The van der Waals surface area contributed by atoms with Crippen molar-refractivity contribution in [3.8, 4) is 5.75 Å². The number of aryl methyl sites for hydroxylation is 2. The minimum atomic E-state index is -0.376. The Hall–Kier alpha value is -3.88. The van der Waals surface area contributed by atoms with Crippen molar-refractivity contribution in [2.45, 2.75) is 20.5 Å². The summed E-state index contributed by atoms with van der Waals surface area (Å²) in [5.41, 5.74) is 2.76. The smallest absolute Gasteiger partial charge is 0.292 e. The number of hydrogen-bond donors (Lipinski definition) is 0. The highest BCUT2D eigenvalue weighted by Gasteiger charge is 2.27. The third-order valence-corrected chi connectivity index (χ3v) is 5.66. The number of carbonyl (C=O) groups is 1. The topological polar surface area (TPSA) is 102 Å². The fourth-order valence-corrected chi connectivity index (χ4v) is 3.83. The number of amides is 1. The van der Waals surface area contributed by atoms with Gasteiger partial charge in [-0.3, -0.25) is 14.9 Å². The van der Waals surface area contributed by atoms with Crippen molar-refractivity contribution in [2.75, 3.05) is 31.1 Å². The summed E-state index contributed by atoms with van der Waals surface area (Å²) in [5, 5.41) is 15.3. The molecule has 0 aliphatic carbocycles. The Labute approximate surface area is 185 Å². The summed E-state index contributed by atoms with van der Waals surface area (Å²) in [6, 6.07) is 13.8. The average molecular weight is 436 g/mol. The van der Waals surface area contributed by atoms with Crippen LogP contribution in [0.25, 0.3) is 0 Å². The van der Waals surface area contributed by atoms with E-state index in [1.807, 2.05) is 24.8 Å². The van der Waals surface area contributed by atoms with E-state index >= 15 is 0 Å². The molecule has 32 heavy (non-hydrogen) atoms. The summed E-state index contributed by atoms with van der Waals surface area (Å²) < 4.78 is 11.1. The number of anilines is 1. The van der Waals surface area contributed by atoms with E-state index in [4.69, 9.17) is 9.26 Å². The van der Waals surface area contributed by atoms with Crippen LogP contribution in [0.15, 0.2) is 53.1 Å². The van der Waals surface area contributed by atoms with Crippen molar-refractivity contribution in [3.05, 3.63) is 81.2 Å². The lowest BCUT2D eigenvalue weighted by atomic mass is 10.1. The summed E-state index contributed by atoms with van der Waals surface area (Å²) in [4.78, 5) is 27.9. The molecule has 9 heteroatoms. The highest BCUT2D eigenvalue weighted by atomic mass is 16.6. The molecule has 2 aromatic carbocycles. The van der Waals surface area contributed by atoms with Crippen LogP contribution < -0.4 is 9.64 Å². The van der Waals surface area contributed by atoms with E-state index in [1.165, 1.54) is 6.07 Å². The van der Waals surface area contributed by atoms with Crippen molar-refractivity contribution >= 4 is 17.3 Å². The van der Waals surface area contributed by atoms with E-state index < -0.39 is 0 Å². The average Bonchev–Trinajstić information content (AvgIpc) is 3.14. The Bertz CT molecular complexity index is 1120. The van der Waals surface area contributed by atoms with Crippen molar-refractivity contribution in [1.29, 1.82) is 0 Å². The number of piperazine rings is 1. The predicted molar refractivity (Wildman–Crippen MR) is 118 cm³/mol. The Morgan fingerprint density at radius 2 is 1.78 bits per heavy atom. The van der Waals surface area contributed by atoms with Gasteiger partial charge in [0.15, 0.2) is 0 Å². The second-order valence-corrected chi connectivity index (χ2v) is 7.61. The highest BCUT2D eigenvalue weighted by Crippen LogP contribution is 2.29. The third kappa shape index (κ3) is 4.27. The molecule has 0 radical (unpaired) electrons. The molecular weight excluding hydrogens is 412 g/mol. The van der Waals surface area contributed by atoms with E-state index in [1.54, 1.807) is 41.3 Å². The van der Waals surface area contributed by atoms with Crippen LogP contribution in [0.3, 0.4) is 0 Å². The van der Waals surface area contributed by atoms with Gasteiger partial charge in [-0.05, 0) is 32.0 Å². The molecule has 1 saturated heterocycles. The SMILES string of the molecule is Cc1noc(C)c1COc1ccccc1C(=O)N1CCN(c2ccccc2[N+](=O)[O-])CC1. The summed E-state index contributed by atoms with van der Waals surface area (Å²) in [6.07, 6.45) is 0. The third-order valence-electron chi connectivity index (χ3n) is 5.66. The minimum Gasteiger partial charge on any atom is -0.488 e. The normalized spacial score (nSPS) is 13.8. The van der Waals surface area contributed by atoms with Gasteiger partial charge < -0.3 is 19.1 Å². The first-order valence-corrected chi connectivity index (χ1v) is 10.4. The van der Waals surface area contributed by atoms with Crippen LogP contribution in [0, 0.1) is 24.0 Å². The number of ether oxygens (including phenoxy) is 1. The maximum Gasteiger partial charge on any atom is 0.292 e. The van der Waals surface area contributed by atoms with Gasteiger partial charge in [-0.15, -0.1) is 0 Å². The number of nitrogens with zero attached hydrogens (tertiary/aromatic N) is 4. The molecule has 2 heterocycles. The fourth-order valence-electron chi connectivity index (χ4n) is 3.83. The van der Waals surface area contributed by atoms with Gasteiger partial charge in [0.2, 0.25) is 0 Å². The molecule has 0 atom stereocenters. The zero-order valence-corrected chi connectivity index (χ0v) is 18.0. The molecular formula is C23H24N4O5. The molecule has 9 nitrogen and oxygen atoms in total. The Morgan fingerprint density at radius 1 is 1.09 bits per heavy atom. The quantitative estimate of drug-likeness (QED) is 0.428. The zero-order chi connectivity index (χ0) is 22.7. The first-order chi connectivity index (χ1) is 15.5. The van der Waals surface area contributed by atoms with E-state index in [-0.39, 0.29) is 23.1 Å². The molecule has 1 aliphatic heterocycles. The van der Waals surface area contributed by atoms with Gasteiger partial charge in [-0.25, -0.2) is 0 Å². The van der Waals surface area contributed by atoms with Crippen LogP contribution in [0.1, 0.15) is 27.4 Å². The van der Waals surface area contributed by atoms with Gasteiger partial charge in [0.25, 0.3) is 11.6 Å². The lowest BCUT2D eigenvalue weighted by molar-refractivity contribution is -0.384. The maximum absolute atomic E-state index is 13.2. The second-order valence-electron chi connectivity index (χ2n) is 7.61. The van der Waals surface area contributed by atoms with E-state index in [0.717, 1.165) is 11.3 Å². The number of nitro groups is 1. The summed E-state index contributed by atoms with van der Waals surface area (Å²) in [5.74, 6) is 1.07. The zero-order valence-electron chi connectivity index (χ0n) is 18.0. The van der Waals surface area contributed by atoms with Gasteiger partial charge >= 0.3 is 0 Å². The molecule has 0 spiro atoms. The Kier molecular flexibility index (Phi) is 6.07. The molecule has 0 unspecified atom stereocenters. The minimum absolute atomic E-state index is 0.0744. The molecule has 166 valence electrons. The number of hydrogen-bond acceptors (Lipinski definition) is 7. The largest absolute Gasteiger partial charge is 0.488 e. The van der Waals surface area contributed by atoms with E-state index in [9.17, 15) is 14.9 Å². The predicted octanol–water partition coefficient (Wildman–Crippen LogP) is 3.74. The number of benzene rings is 2. The molecule has 0 saturated carbocycles. The first kappa shape index (κ1) is 21.4. The van der Waals surface area contributed by atoms with Crippen LogP contribution in [-0.2, 0) is 6.61 Å². The van der Waals surface area contributed by atoms with E-state index in [0.29, 0.717) is 48.9 Å². The molecule has 1 amide bonds. The molecule has 3 aromatic rings. The Morgan fingerprint density at radius 3 is 2.47 bits per heavy atom. The van der Waals surface area contributed by atoms with Crippen LogP contribution in [-0.4, -0.2) is 47.1 Å². The van der Waals surface area contributed by atoms with Gasteiger partial charge in [-0.2, -0.15) is 0 Å². The number of rotatable bonds is 6. The first-order valence-electron chi connectivity index (χ1n) is 10.4. The maximum atomic E-state index is 13.2. The van der Waals surface area contributed by atoms with Crippen molar-refractivity contribution in [1.82, 2.24) is 10.1 Å².